The van der Waals surface area contributed by atoms with Crippen molar-refractivity contribution in [1.29, 1.82) is 0 Å². The minimum Gasteiger partial charge on any atom is -0.438 e. The predicted octanol–water partition coefficient (Wildman–Crippen LogP) is 4.38. The number of hydrogen-bond donors (Lipinski definition) is 1. The fourth-order valence-corrected chi connectivity index (χ4v) is 4.02. The van der Waals surface area contributed by atoms with Gasteiger partial charge in [-0.25, -0.2) is 4.98 Å². The summed E-state index contributed by atoms with van der Waals surface area (Å²) in [4.78, 5) is 12.9. The summed E-state index contributed by atoms with van der Waals surface area (Å²) in [5.41, 5.74) is 1.96. The maximum Gasteiger partial charge on any atom is 0.219 e. The molecular formula is C25H23N5O2. The van der Waals surface area contributed by atoms with Crippen molar-refractivity contribution in [3.63, 3.8) is 0 Å². The molecule has 3 heterocycles. The molecule has 7 nitrogen and oxygen atoms in total. The number of piperazine rings is 1. The van der Waals surface area contributed by atoms with Gasteiger partial charge in [0.15, 0.2) is 5.84 Å². The van der Waals surface area contributed by atoms with Crippen molar-refractivity contribution in [2.24, 2.45) is 5.16 Å². The maximum absolute atomic E-state index is 9.80. The van der Waals surface area contributed by atoms with Gasteiger partial charge in [0.05, 0.1) is 0 Å². The van der Waals surface area contributed by atoms with Crippen molar-refractivity contribution in [1.82, 2.24) is 14.9 Å². The lowest BCUT2D eigenvalue weighted by atomic mass is 10.1. The summed E-state index contributed by atoms with van der Waals surface area (Å²) in [6.07, 6.45) is 5.21. The average molecular weight is 425 g/mol. The SMILES string of the molecule is O/N=C(/c1ccnc(Oc2cccc3cnccc23)c1)N1CCN(c2ccccc2)CC1. The molecule has 160 valence electrons. The Kier molecular flexibility index (Phi) is 5.53. The van der Waals surface area contributed by atoms with Crippen LogP contribution in [0.2, 0.25) is 0 Å². The van der Waals surface area contributed by atoms with Crippen molar-refractivity contribution >= 4 is 22.3 Å². The quantitative estimate of drug-likeness (QED) is 0.226. The molecule has 1 saturated heterocycles. The number of rotatable bonds is 4. The van der Waals surface area contributed by atoms with E-state index in [4.69, 9.17) is 4.74 Å². The van der Waals surface area contributed by atoms with Crippen LogP contribution in [-0.4, -0.2) is 52.1 Å². The molecule has 0 bridgehead atoms. The zero-order valence-corrected chi connectivity index (χ0v) is 17.5. The first-order chi connectivity index (χ1) is 15.8. The first-order valence-electron chi connectivity index (χ1n) is 10.6. The van der Waals surface area contributed by atoms with Gasteiger partial charge in [-0.05, 0) is 30.3 Å². The molecule has 1 aliphatic rings. The molecule has 0 unspecified atom stereocenters. The predicted molar refractivity (Wildman–Crippen MR) is 125 cm³/mol. The molecule has 1 fully saturated rings. The first-order valence-corrected chi connectivity index (χ1v) is 10.6. The lowest BCUT2D eigenvalue weighted by Gasteiger charge is -2.37. The molecule has 0 aliphatic carbocycles. The van der Waals surface area contributed by atoms with E-state index >= 15 is 0 Å². The van der Waals surface area contributed by atoms with E-state index in [0.717, 1.165) is 42.5 Å². The number of anilines is 1. The molecule has 0 spiro atoms. The Hall–Kier alpha value is -4.13. The van der Waals surface area contributed by atoms with Crippen LogP contribution in [0, 0.1) is 0 Å². The lowest BCUT2D eigenvalue weighted by molar-refractivity contribution is 0.296. The van der Waals surface area contributed by atoms with Gasteiger partial charge in [-0.3, -0.25) is 4.98 Å². The topological polar surface area (TPSA) is 74.1 Å². The third-order valence-corrected chi connectivity index (χ3v) is 5.64. The van der Waals surface area contributed by atoms with E-state index in [0.29, 0.717) is 17.5 Å². The molecule has 0 amide bonds. The van der Waals surface area contributed by atoms with Gasteiger partial charge in [-0.1, -0.05) is 35.5 Å². The minimum absolute atomic E-state index is 0.441. The second-order valence-electron chi connectivity index (χ2n) is 7.57. The summed E-state index contributed by atoms with van der Waals surface area (Å²) < 4.78 is 6.09. The Bertz CT molecular complexity index is 1230. The summed E-state index contributed by atoms with van der Waals surface area (Å²) in [5.74, 6) is 1.66. The number of nitrogens with zero attached hydrogens (tertiary/aromatic N) is 5. The first kappa shape index (κ1) is 19.8. The number of aromatic nitrogens is 2. The number of para-hydroxylation sites is 1. The van der Waals surface area contributed by atoms with Crippen LogP contribution in [0.3, 0.4) is 0 Å². The van der Waals surface area contributed by atoms with Crippen LogP contribution in [-0.2, 0) is 0 Å². The summed E-state index contributed by atoms with van der Waals surface area (Å²) in [6, 6.07) is 21.7. The third-order valence-electron chi connectivity index (χ3n) is 5.64. The van der Waals surface area contributed by atoms with Crippen molar-refractivity contribution in [3.8, 4) is 11.6 Å². The van der Waals surface area contributed by atoms with Gasteiger partial charge >= 0.3 is 0 Å². The normalized spacial score (nSPS) is 14.6. The Labute approximate surface area is 186 Å². The molecule has 5 rings (SSSR count). The van der Waals surface area contributed by atoms with Crippen molar-refractivity contribution in [2.75, 3.05) is 31.1 Å². The summed E-state index contributed by atoms with van der Waals surface area (Å²) in [5, 5.41) is 15.4. The van der Waals surface area contributed by atoms with Gasteiger partial charge in [0.2, 0.25) is 5.88 Å². The van der Waals surface area contributed by atoms with Crippen molar-refractivity contribution in [2.45, 2.75) is 0 Å². The van der Waals surface area contributed by atoms with Crippen LogP contribution in [0.1, 0.15) is 5.56 Å². The molecule has 7 heteroatoms. The third kappa shape index (κ3) is 4.05. The largest absolute Gasteiger partial charge is 0.438 e. The Morgan fingerprint density at radius 3 is 2.56 bits per heavy atom. The van der Waals surface area contributed by atoms with Crippen molar-refractivity contribution < 1.29 is 9.94 Å². The van der Waals surface area contributed by atoms with Crippen LogP contribution < -0.4 is 9.64 Å². The van der Waals surface area contributed by atoms with Gasteiger partial charge < -0.3 is 19.7 Å². The molecule has 0 atom stereocenters. The molecule has 2 aromatic heterocycles. The zero-order valence-electron chi connectivity index (χ0n) is 17.5. The van der Waals surface area contributed by atoms with Gasteiger partial charge in [-0.15, -0.1) is 0 Å². The molecule has 2 aromatic carbocycles. The van der Waals surface area contributed by atoms with E-state index in [1.807, 2.05) is 48.5 Å². The molecule has 4 aromatic rings. The molecule has 0 radical (unpaired) electrons. The molecule has 32 heavy (non-hydrogen) atoms. The van der Waals surface area contributed by atoms with E-state index < -0.39 is 0 Å². The summed E-state index contributed by atoms with van der Waals surface area (Å²) in [7, 11) is 0. The highest BCUT2D eigenvalue weighted by Crippen LogP contribution is 2.29. The number of benzene rings is 2. The summed E-state index contributed by atoms with van der Waals surface area (Å²) >= 11 is 0. The van der Waals surface area contributed by atoms with E-state index in [2.05, 4.69) is 37.1 Å². The number of fused-ring (bicyclic) bond motifs is 1. The molecule has 1 aliphatic heterocycles. The van der Waals surface area contributed by atoms with Crippen LogP contribution in [0.4, 0.5) is 5.69 Å². The Morgan fingerprint density at radius 1 is 0.906 bits per heavy atom. The highest BCUT2D eigenvalue weighted by atomic mass is 16.5. The summed E-state index contributed by atoms with van der Waals surface area (Å²) in [6.45, 7) is 3.20. The van der Waals surface area contributed by atoms with Gasteiger partial charge in [0.1, 0.15) is 5.75 Å². The Morgan fingerprint density at radius 2 is 1.75 bits per heavy atom. The molecule has 0 saturated carbocycles. The monoisotopic (exact) mass is 425 g/mol. The number of oxime groups is 1. The van der Waals surface area contributed by atoms with Crippen LogP contribution in [0.15, 0.2) is 90.5 Å². The van der Waals surface area contributed by atoms with E-state index in [-0.39, 0.29) is 0 Å². The van der Waals surface area contributed by atoms with Gasteiger partial charge in [0, 0.05) is 72.9 Å². The van der Waals surface area contributed by atoms with Crippen molar-refractivity contribution in [3.05, 3.63) is 90.9 Å². The number of ether oxygens (including phenoxy) is 1. The second-order valence-corrected chi connectivity index (χ2v) is 7.57. The maximum atomic E-state index is 9.80. The average Bonchev–Trinajstić information content (AvgIpc) is 2.86. The number of hydrogen-bond acceptors (Lipinski definition) is 6. The highest BCUT2D eigenvalue weighted by molar-refractivity contribution is 5.98. The highest BCUT2D eigenvalue weighted by Gasteiger charge is 2.22. The Balaban J connectivity index is 1.33. The number of pyridine rings is 2. The van der Waals surface area contributed by atoms with Crippen LogP contribution >= 0.6 is 0 Å². The smallest absolute Gasteiger partial charge is 0.219 e. The molecular weight excluding hydrogens is 402 g/mol. The zero-order chi connectivity index (χ0) is 21.8. The lowest BCUT2D eigenvalue weighted by Crippen LogP contribution is -2.49. The minimum atomic E-state index is 0.441. The van der Waals surface area contributed by atoms with E-state index in [1.165, 1.54) is 5.69 Å². The standard InChI is InChI=1S/C25H23N5O2/c31-28-25(30-15-13-29(14-16-30)21-6-2-1-3-7-21)19-9-12-27-24(17-19)32-23-8-4-5-20-18-26-11-10-22(20)23/h1-12,17-18,31H,13-16H2/b28-25-. The molecule has 1 N–H and O–H groups in total. The van der Waals surface area contributed by atoms with Crippen LogP contribution in [0.5, 0.6) is 11.6 Å². The van der Waals surface area contributed by atoms with Crippen LogP contribution in [0.25, 0.3) is 10.8 Å². The van der Waals surface area contributed by atoms with E-state index in [9.17, 15) is 5.21 Å². The van der Waals surface area contributed by atoms with E-state index in [1.54, 1.807) is 24.7 Å². The van der Waals surface area contributed by atoms with Gasteiger partial charge in [-0.2, -0.15) is 0 Å². The second kappa shape index (κ2) is 8.93. The fraction of sp³-hybridized carbons (Fsp3) is 0.160. The van der Waals surface area contributed by atoms with Gasteiger partial charge in [0.25, 0.3) is 0 Å². The fourth-order valence-electron chi connectivity index (χ4n) is 4.02. The number of amidine groups is 1.